The van der Waals surface area contributed by atoms with Gasteiger partial charge >= 0.3 is 0 Å². The Hall–Kier alpha value is -3.40. The van der Waals surface area contributed by atoms with Crippen molar-refractivity contribution in [2.75, 3.05) is 0 Å². The topological polar surface area (TPSA) is 58.9 Å². The molecule has 0 bridgehead atoms. The number of hydrogen-bond donors (Lipinski definition) is 0. The minimum Gasteiger partial charge on any atom is -0.267 e. The normalized spacial score (nSPS) is 16.5. The van der Waals surface area contributed by atoms with Crippen molar-refractivity contribution in [3.63, 3.8) is 0 Å². The highest BCUT2D eigenvalue weighted by molar-refractivity contribution is 6.53. The largest absolute Gasteiger partial charge is 0.277 e. The third-order valence-electron chi connectivity index (χ3n) is 3.37. The van der Waals surface area contributed by atoms with Crippen LogP contribution in [0, 0.1) is 0 Å². The molecule has 1 aliphatic carbocycles. The van der Waals surface area contributed by atoms with Crippen LogP contribution in [0.25, 0.3) is 0 Å². The van der Waals surface area contributed by atoms with Gasteiger partial charge in [0.15, 0.2) is 0 Å². The number of amides is 2. The molecule has 3 rings (SSSR count). The van der Waals surface area contributed by atoms with Crippen LogP contribution in [-0.2, 0) is 0 Å². The first-order valence-corrected chi connectivity index (χ1v) is 7.45. The lowest BCUT2D eigenvalue weighted by molar-refractivity contribution is 0.0993. The molecule has 0 saturated carbocycles. The number of benzene rings is 2. The Kier molecular flexibility index (Phi) is 4.68. The number of aliphatic imine (C=N–C) groups is 2. The molecule has 4 heteroatoms. The van der Waals surface area contributed by atoms with Gasteiger partial charge < -0.3 is 0 Å². The Morgan fingerprint density at radius 3 is 1.33 bits per heavy atom. The summed E-state index contributed by atoms with van der Waals surface area (Å²) in [5.41, 5.74) is 1.72. The van der Waals surface area contributed by atoms with Gasteiger partial charge in [0.25, 0.3) is 11.8 Å². The summed E-state index contributed by atoms with van der Waals surface area (Å²) in [4.78, 5) is 32.6. The van der Waals surface area contributed by atoms with E-state index in [-0.39, 0.29) is 11.8 Å². The standard InChI is InChI=1S/C20H14N2O2/c23-19(15-9-3-1-4-10-15)21-17-13-7-8-14-18(17)22-20(24)16-11-5-2-6-12-16/h1-14H. The van der Waals surface area contributed by atoms with E-state index in [0.717, 1.165) is 0 Å². The van der Waals surface area contributed by atoms with E-state index >= 15 is 0 Å². The van der Waals surface area contributed by atoms with Crippen molar-refractivity contribution in [3.8, 4) is 0 Å². The molecule has 0 saturated heterocycles. The minimum atomic E-state index is -0.370. The summed E-state index contributed by atoms with van der Waals surface area (Å²) in [5.74, 6) is -0.740. The molecule has 2 amide bonds. The SMILES string of the molecule is O=C(N=C1C=CC=CC1=NC(=O)c1ccccc1)c1ccccc1. The quantitative estimate of drug-likeness (QED) is 0.794. The maximum absolute atomic E-state index is 12.2. The van der Waals surface area contributed by atoms with Crippen molar-refractivity contribution in [2.45, 2.75) is 0 Å². The number of carbonyl (C=O) groups is 2. The van der Waals surface area contributed by atoms with Gasteiger partial charge in [0, 0.05) is 11.1 Å². The van der Waals surface area contributed by atoms with E-state index in [1.54, 1.807) is 72.8 Å². The predicted molar refractivity (Wildman–Crippen MR) is 94.7 cm³/mol. The van der Waals surface area contributed by atoms with Crippen molar-refractivity contribution < 1.29 is 9.59 Å². The molecule has 24 heavy (non-hydrogen) atoms. The molecule has 0 fully saturated rings. The highest BCUT2D eigenvalue weighted by Gasteiger charge is 2.12. The van der Waals surface area contributed by atoms with Gasteiger partial charge in [-0.25, -0.2) is 9.98 Å². The highest BCUT2D eigenvalue weighted by Crippen LogP contribution is 2.07. The van der Waals surface area contributed by atoms with Gasteiger partial charge in [-0.05, 0) is 36.4 Å². The zero-order valence-electron chi connectivity index (χ0n) is 12.8. The molecule has 0 aromatic heterocycles. The van der Waals surface area contributed by atoms with Crippen LogP contribution < -0.4 is 0 Å². The summed E-state index contributed by atoms with van der Waals surface area (Å²) in [6.07, 6.45) is 6.84. The van der Waals surface area contributed by atoms with Gasteiger partial charge in [0.1, 0.15) is 0 Å². The van der Waals surface area contributed by atoms with Crippen LogP contribution in [0.4, 0.5) is 0 Å². The summed E-state index contributed by atoms with van der Waals surface area (Å²) < 4.78 is 0. The zero-order valence-corrected chi connectivity index (χ0v) is 12.8. The van der Waals surface area contributed by atoms with Gasteiger partial charge in [0.2, 0.25) is 0 Å². The van der Waals surface area contributed by atoms with Crippen molar-refractivity contribution in [3.05, 3.63) is 96.1 Å². The van der Waals surface area contributed by atoms with Gasteiger partial charge in [-0.15, -0.1) is 0 Å². The molecule has 0 heterocycles. The molecular weight excluding hydrogens is 300 g/mol. The Labute approximate surface area is 139 Å². The molecule has 4 nitrogen and oxygen atoms in total. The average Bonchev–Trinajstić information content (AvgIpc) is 2.64. The number of nitrogens with zero attached hydrogens (tertiary/aromatic N) is 2. The van der Waals surface area contributed by atoms with Gasteiger partial charge in [0.05, 0.1) is 11.4 Å². The average molecular weight is 314 g/mol. The van der Waals surface area contributed by atoms with Crippen LogP contribution in [0.15, 0.2) is 95.0 Å². The summed E-state index contributed by atoms with van der Waals surface area (Å²) >= 11 is 0. The fourth-order valence-corrected chi connectivity index (χ4v) is 2.16. The predicted octanol–water partition coefficient (Wildman–Crippen LogP) is 3.68. The van der Waals surface area contributed by atoms with Crippen LogP contribution in [0.5, 0.6) is 0 Å². The number of carbonyl (C=O) groups excluding carboxylic acids is 2. The number of allylic oxidation sites excluding steroid dienone is 4. The molecule has 0 N–H and O–H groups in total. The van der Waals surface area contributed by atoms with Crippen molar-refractivity contribution in [1.29, 1.82) is 0 Å². The molecule has 0 atom stereocenters. The minimum absolute atomic E-state index is 0.370. The zero-order chi connectivity index (χ0) is 16.8. The summed E-state index contributed by atoms with van der Waals surface area (Å²) in [5, 5.41) is 0. The fourth-order valence-electron chi connectivity index (χ4n) is 2.16. The smallest absolute Gasteiger partial charge is 0.267 e. The van der Waals surface area contributed by atoms with Crippen molar-refractivity contribution in [1.82, 2.24) is 0 Å². The van der Waals surface area contributed by atoms with E-state index < -0.39 is 0 Å². The van der Waals surface area contributed by atoms with E-state index in [4.69, 9.17) is 0 Å². The third-order valence-corrected chi connectivity index (χ3v) is 3.37. The number of rotatable bonds is 2. The van der Waals surface area contributed by atoms with Crippen LogP contribution in [0.1, 0.15) is 20.7 Å². The maximum Gasteiger partial charge on any atom is 0.277 e. The molecule has 2 aromatic carbocycles. The van der Waals surface area contributed by atoms with Crippen LogP contribution >= 0.6 is 0 Å². The Morgan fingerprint density at radius 2 is 0.958 bits per heavy atom. The summed E-state index contributed by atoms with van der Waals surface area (Å²) in [6.45, 7) is 0. The molecule has 0 spiro atoms. The Bertz CT molecular complexity index is 801. The molecule has 0 radical (unpaired) electrons. The van der Waals surface area contributed by atoms with E-state index in [9.17, 15) is 9.59 Å². The number of hydrogen-bond acceptors (Lipinski definition) is 2. The Morgan fingerprint density at radius 1 is 0.583 bits per heavy atom. The third kappa shape index (κ3) is 3.67. The molecule has 2 aromatic rings. The summed E-state index contributed by atoms with van der Waals surface area (Å²) in [6, 6.07) is 17.5. The first kappa shape index (κ1) is 15.5. The second kappa shape index (κ2) is 7.24. The van der Waals surface area contributed by atoms with Crippen LogP contribution in [0.3, 0.4) is 0 Å². The van der Waals surface area contributed by atoms with E-state index in [1.807, 2.05) is 12.1 Å². The van der Waals surface area contributed by atoms with Crippen LogP contribution in [0.2, 0.25) is 0 Å². The van der Waals surface area contributed by atoms with Crippen molar-refractivity contribution in [2.24, 2.45) is 9.98 Å². The lowest BCUT2D eigenvalue weighted by atomic mass is 10.1. The first-order chi connectivity index (χ1) is 11.7. The molecule has 1 aliphatic rings. The second-order valence-corrected chi connectivity index (χ2v) is 5.05. The fraction of sp³-hybridized carbons (Fsp3) is 0. The molecule has 0 unspecified atom stereocenters. The maximum atomic E-state index is 12.2. The highest BCUT2D eigenvalue weighted by atomic mass is 16.2. The van der Waals surface area contributed by atoms with Gasteiger partial charge in [-0.3, -0.25) is 9.59 Å². The van der Waals surface area contributed by atoms with Gasteiger partial charge in [-0.2, -0.15) is 0 Å². The lowest BCUT2D eigenvalue weighted by Crippen LogP contribution is -2.16. The molecule has 116 valence electrons. The van der Waals surface area contributed by atoms with E-state index in [0.29, 0.717) is 22.6 Å². The van der Waals surface area contributed by atoms with Crippen molar-refractivity contribution >= 4 is 23.2 Å². The van der Waals surface area contributed by atoms with Crippen LogP contribution in [-0.4, -0.2) is 23.2 Å². The lowest BCUT2D eigenvalue weighted by Gasteiger charge is -2.05. The van der Waals surface area contributed by atoms with Gasteiger partial charge in [-0.1, -0.05) is 48.6 Å². The molecule has 0 aliphatic heterocycles. The van der Waals surface area contributed by atoms with E-state index in [2.05, 4.69) is 9.98 Å². The Balaban J connectivity index is 1.89. The monoisotopic (exact) mass is 314 g/mol. The molecular formula is C20H14N2O2. The summed E-state index contributed by atoms with van der Waals surface area (Å²) in [7, 11) is 0. The second-order valence-electron chi connectivity index (χ2n) is 5.05. The van der Waals surface area contributed by atoms with E-state index in [1.165, 1.54) is 0 Å². The first-order valence-electron chi connectivity index (χ1n) is 7.45.